The maximum Gasteiger partial charge on any atom is 0.139 e. The van der Waals surface area contributed by atoms with Crippen LogP contribution in [0.3, 0.4) is 0 Å². The molecule has 3 N–H and O–H groups in total. The molecule has 82 valence electrons. The predicted molar refractivity (Wildman–Crippen MR) is 62.6 cm³/mol. The first-order valence-corrected chi connectivity index (χ1v) is 5.15. The van der Waals surface area contributed by atoms with Gasteiger partial charge in [0.25, 0.3) is 0 Å². The van der Waals surface area contributed by atoms with E-state index in [0.29, 0.717) is 5.69 Å². The van der Waals surface area contributed by atoms with Crippen LogP contribution in [0.2, 0.25) is 0 Å². The second kappa shape index (κ2) is 2.86. The van der Waals surface area contributed by atoms with Gasteiger partial charge in [-0.3, -0.25) is 4.99 Å². The Bertz CT molecular complexity index is 518. The molecule has 0 bridgehead atoms. The lowest BCUT2D eigenvalue weighted by Gasteiger charge is -2.35. The molecule has 2 atom stereocenters. The zero-order valence-electron chi connectivity index (χ0n) is 8.81. The highest BCUT2D eigenvalue weighted by molar-refractivity contribution is 5.87. The van der Waals surface area contributed by atoms with Crippen molar-refractivity contribution >= 4 is 18.1 Å². The van der Waals surface area contributed by atoms with Gasteiger partial charge in [0.05, 0.1) is 12.0 Å². The summed E-state index contributed by atoms with van der Waals surface area (Å²) >= 11 is 0. The fourth-order valence-corrected chi connectivity index (χ4v) is 2.26. The summed E-state index contributed by atoms with van der Waals surface area (Å²) in [7, 11) is 0. The van der Waals surface area contributed by atoms with Crippen LogP contribution in [0.1, 0.15) is 24.1 Å². The summed E-state index contributed by atoms with van der Waals surface area (Å²) in [6, 6.07) is 3.12. The first-order chi connectivity index (χ1) is 7.59. The molecule has 0 saturated heterocycles. The number of hydrogen-bond acceptors (Lipinski definition) is 4. The smallest absolute Gasteiger partial charge is 0.139 e. The molecule has 0 amide bonds. The number of benzene rings is 1. The van der Waals surface area contributed by atoms with Gasteiger partial charge in [-0.25, -0.2) is 0 Å². The molecule has 1 aromatic carbocycles. The molecule has 2 unspecified atom stereocenters. The fourth-order valence-electron chi connectivity index (χ4n) is 2.26. The van der Waals surface area contributed by atoms with Crippen LogP contribution in [0.25, 0.3) is 6.08 Å². The molecular weight excluding hydrogens is 204 g/mol. The van der Waals surface area contributed by atoms with Crippen LogP contribution < -0.4 is 5.32 Å². The summed E-state index contributed by atoms with van der Waals surface area (Å²) in [6.07, 6.45) is 5.12. The third-order valence-corrected chi connectivity index (χ3v) is 3.12. The number of nitrogens with zero attached hydrogens (tertiary/aromatic N) is 1. The van der Waals surface area contributed by atoms with Crippen molar-refractivity contribution in [3.05, 3.63) is 29.3 Å². The van der Waals surface area contributed by atoms with Crippen LogP contribution in [0, 0.1) is 0 Å². The Hall–Kier alpha value is -1.81. The van der Waals surface area contributed by atoms with Gasteiger partial charge in [-0.2, -0.15) is 0 Å². The van der Waals surface area contributed by atoms with Gasteiger partial charge in [0.15, 0.2) is 0 Å². The number of aliphatic imine (C=N–C) groups is 1. The molecule has 0 aromatic heterocycles. The molecule has 2 aliphatic rings. The summed E-state index contributed by atoms with van der Waals surface area (Å²) in [4.78, 5) is 4.25. The van der Waals surface area contributed by atoms with E-state index >= 15 is 0 Å². The maximum absolute atomic E-state index is 10.2. The summed E-state index contributed by atoms with van der Waals surface area (Å²) in [5.74, 6) is 0.181. The lowest BCUT2D eigenvalue weighted by atomic mass is 9.81. The summed E-state index contributed by atoms with van der Waals surface area (Å²) < 4.78 is 0. The number of rotatable bonds is 0. The van der Waals surface area contributed by atoms with Crippen LogP contribution in [0.15, 0.2) is 23.2 Å². The van der Waals surface area contributed by atoms with Gasteiger partial charge in [0, 0.05) is 5.56 Å². The van der Waals surface area contributed by atoms with Crippen LogP contribution in [0.4, 0.5) is 5.69 Å². The highest BCUT2D eigenvalue weighted by Crippen LogP contribution is 2.46. The summed E-state index contributed by atoms with van der Waals surface area (Å²) in [6.45, 7) is 1.72. The minimum absolute atomic E-state index is 0.181. The number of anilines is 1. The van der Waals surface area contributed by atoms with E-state index in [0.717, 1.165) is 11.1 Å². The van der Waals surface area contributed by atoms with Gasteiger partial charge in [0.1, 0.15) is 17.4 Å². The van der Waals surface area contributed by atoms with Gasteiger partial charge in [0.2, 0.25) is 0 Å². The summed E-state index contributed by atoms with van der Waals surface area (Å²) in [5.41, 5.74) is 1.47. The molecule has 0 spiro atoms. The first kappa shape index (κ1) is 9.42. The number of nitrogens with one attached hydrogen (secondary N) is 1. The van der Waals surface area contributed by atoms with Crippen molar-refractivity contribution in [2.24, 2.45) is 4.99 Å². The van der Waals surface area contributed by atoms with E-state index in [1.807, 2.05) is 12.1 Å². The molecule has 1 heterocycles. The van der Waals surface area contributed by atoms with Crippen molar-refractivity contribution in [2.45, 2.75) is 18.6 Å². The van der Waals surface area contributed by atoms with Gasteiger partial charge in [-0.1, -0.05) is 18.2 Å². The predicted octanol–water partition coefficient (Wildman–Crippen LogP) is 1.66. The van der Waals surface area contributed by atoms with E-state index in [9.17, 15) is 10.2 Å². The SMILES string of the molecule is CC1(O)C=Cc2ccc(O)c3c2C1N=CN3. The molecule has 1 aromatic rings. The van der Waals surface area contributed by atoms with Gasteiger partial charge >= 0.3 is 0 Å². The number of phenolic OH excluding ortho intramolecular Hbond substituents is 1. The van der Waals surface area contributed by atoms with Crippen molar-refractivity contribution in [1.29, 1.82) is 0 Å². The third-order valence-electron chi connectivity index (χ3n) is 3.12. The van der Waals surface area contributed by atoms with Crippen molar-refractivity contribution in [1.82, 2.24) is 0 Å². The van der Waals surface area contributed by atoms with Crippen molar-refractivity contribution in [3.8, 4) is 5.75 Å². The second-order valence-electron chi connectivity index (χ2n) is 4.35. The van der Waals surface area contributed by atoms with Crippen molar-refractivity contribution < 1.29 is 10.2 Å². The van der Waals surface area contributed by atoms with E-state index < -0.39 is 5.60 Å². The Morgan fingerprint density at radius 1 is 1.44 bits per heavy atom. The number of hydrogen-bond donors (Lipinski definition) is 3. The van der Waals surface area contributed by atoms with E-state index in [2.05, 4.69) is 10.3 Å². The second-order valence-corrected chi connectivity index (χ2v) is 4.35. The molecule has 0 radical (unpaired) electrons. The topological polar surface area (TPSA) is 64.8 Å². The number of aliphatic hydroxyl groups is 1. The molecule has 1 aliphatic heterocycles. The van der Waals surface area contributed by atoms with Crippen LogP contribution >= 0.6 is 0 Å². The monoisotopic (exact) mass is 216 g/mol. The minimum atomic E-state index is -1.01. The molecule has 0 fully saturated rings. The molecular formula is C12H12N2O2. The fraction of sp³-hybridized carbons (Fsp3) is 0.250. The largest absolute Gasteiger partial charge is 0.506 e. The van der Waals surface area contributed by atoms with Crippen molar-refractivity contribution in [3.63, 3.8) is 0 Å². The Labute approximate surface area is 93.0 Å². The lowest BCUT2D eigenvalue weighted by molar-refractivity contribution is 0.0822. The van der Waals surface area contributed by atoms with Crippen molar-refractivity contribution in [2.75, 3.05) is 5.32 Å². The Kier molecular flexibility index (Phi) is 1.68. The molecule has 4 nitrogen and oxygen atoms in total. The molecule has 3 rings (SSSR count). The average Bonchev–Trinajstić information content (AvgIpc) is 2.27. The third kappa shape index (κ3) is 1.10. The van der Waals surface area contributed by atoms with Gasteiger partial charge in [-0.05, 0) is 18.6 Å². The van der Waals surface area contributed by atoms with Gasteiger partial charge < -0.3 is 15.5 Å². The maximum atomic E-state index is 10.2. The Morgan fingerprint density at radius 3 is 3.06 bits per heavy atom. The van der Waals surface area contributed by atoms with E-state index in [-0.39, 0.29) is 11.8 Å². The average molecular weight is 216 g/mol. The van der Waals surface area contributed by atoms with Gasteiger partial charge in [-0.15, -0.1) is 0 Å². The van der Waals surface area contributed by atoms with E-state index in [1.165, 1.54) is 6.34 Å². The quantitative estimate of drug-likeness (QED) is 0.578. The molecule has 16 heavy (non-hydrogen) atoms. The first-order valence-electron chi connectivity index (χ1n) is 5.15. The van der Waals surface area contributed by atoms with E-state index in [4.69, 9.17) is 0 Å². The highest BCUT2D eigenvalue weighted by atomic mass is 16.3. The molecule has 1 aliphatic carbocycles. The highest BCUT2D eigenvalue weighted by Gasteiger charge is 2.38. The number of aromatic hydroxyl groups is 1. The normalized spacial score (nSPS) is 29.8. The summed E-state index contributed by atoms with van der Waals surface area (Å²) in [5, 5.41) is 22.9. The van der Waals surface area contributed by atoms with Crippen LogP contribution in [-0.2, 0) is 0 Å². The zero-order chi connectivity index (χ0) is 11.3. The van der Waals surface area contributed by atoms with Crippen LogP contribution in [-0.4, -0.2) is 22.2 Å². The zero-order valence-corrected chi connectivity index (χ0v) is 8.81. The lowest BCUT2D eigenvalue weighted by Crippen LogP contribution is -2.34. The molecule has 4 heteroatoms. The van der Waals surface area contributed by atoms with Crippen LogP contribution in [0.5, 0.6) is 5.75 Å². The number of phenols is 1. The Morgan fingerprint density at radius 2 is 2.25 bits per heavy atom. The minimum Gasteiger partial charge on any atom is -0.506 e. The van der Waals surface area contributed by atoms with E-state index in [1.54, 1.807) is 19.1 Å². The standard InChI is InChI=1S/C12H12N2O2/c1-12(16)5-4-7-2-3-8(15)10-9(7)11(12)14-6-13-10/h2-6,11,15-16H,1H3,(H,13,14). The Balaban J connectivity index is 2.31. The molecule has 0 saturated carbocycles.